The van der Waals surface area contributed by atoms with Crippen molar-refractivity contribution in [1.29, 1.82) is 0 Å². The van der Waals surface area contributed by atoms with E-state index >= 15 is 0 Å². The van der Waals surface area contributed by atoms with Gasteiger partial charge in [-0.25, -0.2) is 0 Å². The first-order chi connectivity index (χ1) is 8.97. The Labute approximate surface area is 119 Å². The zero-order chi connectivity index (χ0) is 14.3. The van der Waals surface area contributed by atoms with Gasteiger partial charge < -0.3 is 11.1 Å². The van der Waals surface area contributed by atoms with E-state index in [0.717, 1.165) is 19.3 Å². The third-order valence-electron chi connectivity index (χ3n) is 4.13. The molecule has 2 atom stereocenters. The van der Waals surface area contributed by atoms with E-state index in [-0.39, 0.29) is 17.4 Å². The van der Waals surface area contributed by atoms with Crippen LogP contribution in [0.4, 0.5) is 0 Å². The maximum atomic E-state index is 12.1. The Morgan fingerprint density at radius 1 is 1.37 bits per heavy atom. The molecule has 1 rings (SSSR count). The van der Waals surface area contributed by atoms with Crippen LogP contribution in [0, 0.1) is 5.41 Å². The molecular weight excluding hydrogens is 260 g/mol. The molecule has 4 nitrogen and oxygen atoms in total. The van der Waals surface area contributed by atoms with E-state index in [0.29, 0.717) is 18.7 Å². The molecule has 0 aliphatic heterocycles. The molecular formula is C14H28N2O2S. The van der Waals surface area contributed by atoms with Crippen molar-refractivity contribution in [2.45, 2.75) is 57.9 Å². The van der Waals surface area contributed by atoms with Crippen LogP contribution in [0.25, 0.3) is 0 Å². The molecule has 1 aliphatic carbocycles. The molecule has 0 spiro atoms. The van der Waals surface area contributed by atoms with Crippen LogP contribution in [-0.2, 0) is 15.6 Å². The number of hydrogen-bond acceptors (Lipinski definition) is 3. The summed E-state index contributed by atoms with van der Waals surface area (Å²) < 4.78 is 11.0. The summed E-state index contributed by atoms with van der Waals surface area (Å²) in [5.41, 5.74) is 5.92. The summed E-state index contributed by atoms with van der Waals surface area (Å²) in [4.78, 5) is 12.1. The maximum absolute atomic E-state index is 12.1. The Balaban J connectivity index is 2.38. The van der Waals surface area contributed by atoms with E-state index in [9.17, 15) is 9.00 Å². The van der Waals surface area contributed by atoms with Crippen molar-refractivity contribution in [2.75, 3.05) is 18.6 Å². The van der Waals surface area contributed by atoms with Gasteiger partial charge in [0.1, 0.15) is 0 Å². The van der Waals surface area contributed by atoms with Gasteiger partial charge in [0.25, 0.3) is 0 Å². The van der Waals surface area contributed by atoms with Gasteiger partial charge in [-0.05, 0) is 38.1 Å². The lowest BCUT2D eigenvalue weighted by atomic mass is 9.71. The highest BCUT2D eigenvalue weighted by atomic mass is 32.2. The Morgan fingerprint density at radius 2 is 2.00 bits per heavy atom. The second-order valence-electron chi connectivity index (χ2n) is 5.98. The number of amides is 1. The number of nitrogens with two attached hydrogens (primary N) is 1. The molecule has 3 N–H and O–H groups in total. The molecule has 0 radical (unpaired) electrons. The monoisotopic (exact) mass is 288 g/mol. The Hall–Kier alpha value is -0.420. The fourth-order valence-electron chi connectivity index (χ4n) is 2.84. The summed E-state index contributed by atoms with van der Waals surface area (Å²) >= 11 is 0. The molecule has 0 saturated heterocycles. The number of carbonyl (C=O) groups excluding carboxylic acids is 1. The van der Waals surface area contributed by atoms with E-state index in [4.69, 9.17) is 5.73 Å². The first-order valence-corrected chi connectivity index (χ1v) is 9.00. The molecule has 1 fully saturated rings. The van der Waals surface area contributed by atoms with Crippen LogP contribution in [0.3, 0.4) is 0 Å². The average Bonchev–Trinajstić information content (AvgIpc) is 2.37. The molecule has 0 aromatic carbocycles. The predicted octanol–water partition coefficient (Wildman–Crippen LogP) is 1.56. The van der Waals surface area contributed by atoms with Crippen molar-refractivity contribution in [3.63, 3.8) is 0 Å². The lowest BCUT2D eigenvalue weighted by Crippen LogP contribution is -2.41. The maximum Gasteiger partial charge on any atom is 0.220 e. The van der Waals surface area contributed by atoms with Gasteiger partial charge >= 0.3 is 0 Å². The smallest absolute Gasteiger partial charge is 0.220 e. The summed E-state index contributed by atoms with van der Waals surface area (Å²) in [6.45, 7) is 2.58. The fraction of sp³-hybridized carbons (Fsp3) is 0.929. The summed E-state index contributed by atoms with van der Waals surface area (Å²) in [6.07, 6.45) is 8.80. The van der Waals surface area contributed by atoms with E-state index < -0.39 is 10.8 Å². The topological polar surface area (TPSA) is 72.2 Å². The standard InChI is InChI=1S/C14H28N2O2S/c1-12(6-9-19(2)18)16-13(17)10-14(11-15)7-4-3-5-8-14/h12H,3-11,15H2,1-2H3,(H,16,17). The van der Waals surface area contributed by atoms with Crippen LogP contribution >= 0.6 is 0 Å². The van der Waals surface area contributed by atoms with Gasteiger partial charge in [-0.15, -0.1) is 0 Å². The predicted molar refractivity (Wildman–Crippen MR) is 80.3 cm³/mol. The lowest BCUT2D eigenvalue weighted by Gasteiger charge is -2.36. The molecule has 0 aromatic rings. The minimum Gasteiger partial charge on any atom is -0.354 e. The summed E-state index contributed by atoms with van der Waals surface area (Å²) in [6, 6.07) is 0.0924. The number of carbonyl (C=O) groups is 1. The third kappa shape index (κ3) is 6.04. The van der Waals surface area contributed by atoms with Gasteiger partial charge in [-0.1, -0.05) is 19.3 Å². The van der Waals surface area contributed by atoms with Crippen molar-refractivity contribution in [1.82, 2.24) is 5.32 Å². The second kappa shape index (κ2) is 8.00. The molecule has 0 bridgehead atoms. The third-order valence-corrected chi connectivity index (χ3v) is 4.94. The summed E-state index contributed by atoms with van der Waals surface area (Å²) in [7, 11) is -0.788. The van der Waals surface area contributed by atoms with Gasteiger partial charge in [0.15, 0.2) is 0 Å². The molecule has 2 unspecified atom stereocenters. The minimum absolute atomic E-state index is 0.0234. The quantitative estimate of drug-likeness (QED) is 0.747. The average molecular weight is 288 g/mol. The molecule has 0 aromatic heterocycles. The first-order valence-electron chi connectivity index (χ1n) is 7.27. The largest absolute Gasteiger partial charge is 0.354 e. The molecule has 1 amide bonds. The van der Waals surface area contributed by atoms with Gasteiger partial charge in [-0.3, -0.25) is 9.00 Å². The Bertz CT molecular complexity index is 315. The van der Waals surface area contributed by atoms with Crippen molar-refractivity contribution >= 4 is 16.7 Å². The summed E-state index contributed by atoms with van der Waals surface area (Å²) in [5.74, 6) is 0.741. The van der Waals surface area contributed by atoms with Crippen LogP contribution in [0.5, 0.6) is 0 Å². The molecule has 1 saturated carbocycles. The molecule has 0 heterocycles. The number of nitrogens with one attached hydrogen (secondary N) is 1. The van der Waals surface area contributed by atoms with E-state index in [1.54, 1.807) is 6.26 Å². The second-order valence-corrected chi connectivity index (χ2v) is 7.53. The summed E-state index contributed by atoms with van der Waals surface area (Å²) in [5, 5.41) is 3.01. The van der Waals surface area contributed by atoms with Crippen molar-refractivity contribution in [3.8, 4) is 0 Å². The van der Waals surface area contributed by atoms with Crippen LogP contribution < -0.4 is 11.1 Å². The SMILES string of the molecule is CC(CCS(C)=O)NC(=O)CC1(CN)CCCCC1. The highest BCUT2D eigenvalue weighted by Crippen LogP contribution is 2.38. The van der Waals surface area contributed by atoms with E-state index in [2.05, 4.69) is 5.32 Å². The van der Waals surface area contributed by atoms with Crippen LogP contribution in [0.2, 0.25) is 0 Å². The zero-order valence-electron chi connectivity index (χ0n) is 12.2. The number of hydrogen-bond donors (Lipinski definition) is 2. The van der Waals surface area contributed by atoms with Gasteiger partial charge in [-0.2, -0.15) is 0 Å². The molecule has 5 heteroatoms. The minimum atomic E-state index is -0.788. The van der Waals surface area contributed by atoms with Gasteiger partial charge in [0.2, 0.25) is 5.91 Å². The Kier molecular flexibility index (Phi) is 7.00. The molecule has 112 valence electrons. The van der Waals surface area contributed by atoms with Crippen molar-refractivity contribution in [3.05, 3.63) is 0 Å². The Morgan fingerprint density at radius 3 is 2.53 bits per heavy atom. The highest BCUT2D eigenvalue weighted by molar-refractivity contribution is 7.84. The lowest BCUT2D eigenvalue weighted by molar-refractivity contribution is -0.124. The van der Waals surface area contributed by atoms with Crippen LogP contribution in [0.1, 0.15) is 51.9 Å². The molecule has 19 heavy (non-hydrogen) atoms. The molecule has 1 aliphatic rings. The van der Waals surface area contributed by atoms with Gasteiger partial charge in [0.05, 0.1) is 0 Å². The van der Waals surface area contributed by atoms with E-state index in [1.165, 1.54) is 19.3 Å². The highest BCUT2D eigenvalue weighted by Gasteiger charge is 2.33. The van der Waals surface area contributed by atoms with Gasteiger partial charge in [0, 0.05) is 35.3 Å². The van der Waals surface area contributed by atoms with Crippen molar-refractivity contribution in [2.24, 2.45) is 11.1 Å². The fourth-order valence-corrected chi connectivity index (χ4v) is 3.52. The normalized spacial score (nSPS) is 21.6. The van der Waals surface area contributed by atoms with E-state index in [1.807, 2.05) is 6.92 Å². The van der Waals surface area contributed by atoms with Crippen LogP contribution in [-0.4, -0.2) is 34.7 Å². The first kappa shape index (κ1) is 16.6. The zero-order valence-corrected chi connectivity index (χ0v) is 13.1. The van der Waals surface area contributed by atoms with Crippen molar-refractivity contribution < 1.29 is 9.00 Å². The van der Waals surface area contributed by atoms with Crippen LogP contribution in [0.15, 0.2) is 0 Å². The number of rotatable bonds is 7.